The number of amides is 1. The van der Waals surface area contributed by atoms with Gasteiger partial charge in [0.15, 0.2) is 5.58 Å². The van der Waals surface area contributed by atoms with Gasteiger partial charge in [-0.3, -0.25) is 14.3 Å². The molecule has 2 fully saturated rings. The number of primary amides is 1. The Kier molecular flexibility index (Phi) is 4.67. The predicted octanol–water partition coefficient (Wildman–Crippen LogP) is 2.82. The molecular weight excluding hydrogens is 392 g/mol. The van der Waals surface area contributed by atoms with Gasteiger partial charge in [-0.15, -0.1) is 0 Å². The van der Waals surface area contributed by atoms with Crippen molar-refractivity contribution in [3.63, 3.8) is 0 Å². The minimum Gasteiger partial charge on any atom is -0.408 e. The molecule has 5 rings (SSSR count). The van der Waals surface area contributed by atoms with Crippen LogP contribution >= 0.6 is 0 Å². The number of nitriles is 1. The maximum absolute atomic E-state index is 12.8. The summed E-state index contributed by atoms with van der Waals surface area (Å²) in [6.07, 6.45) is 3.68. The van der Waals surface area contributed by atoms with Crippen molar-refractivity contribution in [2.24, 2.45) is 5.73 Å². The summed E-state index contributed by atoms with van der Waals surface area (Å²) in [6.45, 7) is 2.30. The highest BCUT2D eigenvalue weighted by molar-refractivity contribution is 5.91. The van der Waals surface area contributed by atoms with Crippen molar-refractivity contribution < 1.29 is 9.21 Å². The molecule has 1 saturated heterocycles. The SMILES string of the molecule is N#Cc1cccc(C(Cn2c(=O)oc3ccc(C4(C(N)=O)CC4)cc32)N2CCCC2)c1. The monoisotopic (exact) mass is 416 g/mol. The third kappa shape index (κ3) is 3.33. The molecule has 0 radical (unpaired) electrons. The number of rotatable bonds is 6. The van der Waals surface area contributed by atoms with E-state index >= 15 is 0 Å². The molecule has 0 bridgehead atoms. The van der Waals surface area contributed by atoms with E-state index in [1.165, 1.54) is 0 Å². The molecule has 2 aliphatic rings. The summed E-state index contributed by atoms with van der Waals surface area (Å²) in [7, 11) is 0. The van der Waals surface area contributed by atoms with E-state index in [2.05, 4.69) is 11.0 Å². The fourth-order valence-corrected chi connectivity index (χ4v) is 4.81. The zero-order valence-corrected chi connectivity index (χ0v) is 17.2. The highest BCUT2D eigenvalue weighted by Crippen LogP contribution is 2.48. The quantitative estimate of drug-likeness (QED) is 0.665. The Morgan fingerprint density at radius 2 is 1.97 bits per heavy atom. The molecule has 1 saturated carbocycles. The third-order valence-corrected chi connectivity index (χ3v) is 6.78. The van der Waals surface area contributed by atoms with Crippen molar-refractivity contribution in [3.8, 4) is 6.07 Å². The number of nitrogens with two attached hydrogens (primary N) is 1. The summed E-state index contributed by atoms with van der Waals surface area (Å²) >= 11 is 0. The van der Waals surface area contributed by atoms with Gasteiger partial charge in [-0.05, 0) is 74.2 Å². The molecule has 0 spiro atoms. The first kappa shape index (κ1) is 19.6. The van der Waals surface area contributed by atoms with E-state index in [1.54, 1.807) is 16.7 Å². The van der Waals surface area contributed by atoms with Crippen molar-refractivity contribution >= 4 is 17.0 Å². The van der Waals surface area contributed by atoms with Gasteiger partial charge < -0.3 is 10.2 Å². The molecule has 31 heavy (non-hydrogen) atoms. The lowest BCUT2D eigenvalue weighted by atomic mass is 9.95. The van der Waals surface area contributed by atoms with Crippen molar-refractivity contribution in [2.75, 3.05) is 13.1 Å². The number of carbonyl (C=O) groups excluding carboxylic acids is 1. The number of hydrogen-bond donors (Lipinski definition) is 1. The zero-order chi connectivity index (χ0) is 21.6. The van der Waals surface area contributed by atoms with Crippen LogP contribution in [0.3, 0.4) is 0 Å². The Morgan fingerprint density at radius 3 is 2.65 bits per heavy atom. The molecule has 1 aromatic heterocycles. The summed E-state index contributed by atoms with van der Waals surface area (Å²) in [4.78, 5) is 27.2. The fourth-order valence-electron chi connectivity index (χ4n) is 4.81. The summed E-state index contributed by atoms with van der Waals surface area (Å²) < 4.78 is 7.16. The molecule has 7 heteroatoms. The number of carbonyl (C=O) groups is 1. The average molecular weight is 416 g/mol. The van der Waals surface area contributed by atoms with Crippen LogP contribution in [-0.4, -0.2) is 28.5 Å². The minimum absolute atomic E-state index is 0.0519. The first-order valence-electron chi connectivity index (χ1n) is 10.7. The van der Waals surface area contributed by atoms with Gasteiger partial charge in [0.25, 0.3) is 0 Å². The van der Waals surface area contributed by atoms with Crippen LogP contribution < -0.4 is 11.5 Å². The second-order valence-corrected chi connectivity index (χ2v) is 8.60. The fraction of sp³-hybridized carbons (Fsp3) is 0.375. The molecular formula is C24H24N4O3. The Labute approximate surface area is 179 Å². The molecule has 1 aliphatic heterocycles. The number of benzene rings is 2. The Hall–Kier alpha value is -3.37. The molecule has 7 nitrogen and oxygen atoms in total. The largest absolute Gasteiger partial charge is 0.420 e. The summed E-state index contributed by atoms with van der Waals surface area (Å²) in [5.41, 5.74) is 8.66. The van der Waals surface area contributed by atoms with E-state index in [0.29, 0.717) is 23.2 Å². The van der Waals surface area contributed by atoms with Crippen LogP contribution in [0.25, 0.3) is 11.1 Å². The smallest absolute Gasteiger partial charge is 0.408 e. The van der Waals surface area contributed by atoms with E-state index in [-0.39, 0.29) is 11.9 Å². The molecule has 3 aromatic rings. The maximum atomic E-state index is 12.8. The van der Waals surface area contributed by atoms with E-state index in [9.17, 15) is 14.9 Å². The third-order valence-electron chi connectivity index (χ3n) is 6.78. The number of hydrogen-bond acceptors (Lipinski definition) is 5. The molecule has 1 unspecified atom stereocenters. The van der Waals surface area contributed by atoms with E-state index in [1.807, 2.05) is 30.3 Å². The second-order valence-electron chi connectivity index (χ2n) is 8.60. The minimum atomic E-state index is -0.623. The van der Waals surface area contributed by atoms with Gasteiger partial charge in [0.2, 0.25) is 5.91 Å². The van der Waals surface area contributed by atoms with Gasteiger partial charge >= 0.3 is 5.76 Å². The zero-order valence-electron chi connectivity index (χ0n) is 17.2. The Balaban J connectivity index is 1.58. The first-order chi connectivity index (χ1) is 15.0. The Bertz CT molecular complexity index is 1260. The molecule has 158 valence electrons. The Morgan fingerprint density at radius 1 is 1.19 bits per heavy atom. The predicted molar refractivity (Wildman–Crippen MR) is 115 cm³/mol. The number of aromatic nitrogens is 1. The van der Waals surface area contributed by atoms with Crippen molar-refractivity contribution in [2.45, 2.75) is 43.7 Å². The van der Waals surface area contributed by atoms with Crippen molar-refractivity contribution in [1.29, 1.82) is 5.26 Å². The lowest BCUT2D eigenvalue weighted by Crippen LogP contribution is -2.32. The normalized spacial score (nSPS) is 18.7. The van der Waals surface area contributed by atoms with Crippen molar-refractivity contribution in [1.82, 2.24) is 9.47 Å². The number of oxazole rings is 1. The number of fused-ring (bicyclic) bond motifs is 1. The summed E-state index contributed by atoms with van der Waals surface area (Å²) in [5.74, 6) is -0.746. The van der Waals surface area contributed by atoms with Gasteiger partial charge in [-0.2, -0.15) is 5.26 Å². The maximum Gasteiger partial charge on any atom is 0.420 e. The molecule has 1 amide bonds. The molecule has 2 heterocycles. The van der Waals surface area contributed by atoms with Gasteiger partial charge in [-0.1, -0.05) is 18.2 Å². The number of likely N-dealkylation sites (tertiary alicyclic amines) is 1. The number of nitrogens with zero attached hydrogens (tertiary/aromatic N) is 3. The average Bonchev–Trinajstić information content (AvgIpc) is 3.31. The van der Waals surface area contributed by atoms with Gasteiger partial charge in [0, 0.05) is 6.54 Å². The van der Waals surface area contributed by atoms with Crippen LogP contribution in [0.4, 0.5) is 0 Å². The van der Waals surface area contributed by atoms with E-state index in [0.717, 1.165) is 49.9 Å². The molecule has 1 atom stereocenters. The second kappa shape index (κ2) is 7.40. The van der Waals surface area contributed by atoms with Crippen LogP contribution in [0.5, 0.6) is 0 Å². The van der Waals surface area contributed by atoms with Gasteiger partial charge in [-0.25, -0.2) is 4.79 Å². The van der Waals surface area contributed by atoms with Crippen LogP contribution in [0.1, 0.15) is 48.4 Å². The van der Waals surface area contributed by atoms with Crippen LogP contribution in [0.15, 0.2) is 51.7 Å². The molecule has 1 aliphatic carbocycles. The highest BCUT2D eigenvalue weighted by Gasteiger charge is 2.50. The lowest BCUT2D eigenvalue weighted by molar-refractivity contribution is -0.120. The summed E-state index contributed by atoms with van der Waals surface area (Å²) in [6, 6.07) is 15.2. The first-order valence-corrected chi connectivity index (χ1v) is 10.7. The van der Waals surface area contributed by atoms with Crippen LogP contribution in [0, 0.1) is 11.3 Å². The standard InChI is InChI=1S/C24H24N4O3/c25-14-16-4-3-5-17(12-16)20(27-10-1-2-11-27)15-28-19-13-18(24(8-9-24)22(26)29)6-7-21(19)31-23(28)30/h3-7,12-13,20H,1-2,8-11,15H2,(H2,26,29). The van der Waals surface area contributed by atoms with Crippen LogP contribution in [-0.2, 0) is 16.8 Å². The highest BCUT2D eigenvalue weighted by atomic mass is 16.4. The lowest BCUT2D eigenvalue weighted by Gasteiger charge is -2.28. The topological polar surface area (TPSA) is 105 Å². The van der Waals surface area contributed by atoms with E-state index in [4.69, 9.17) is 10.2 Å². The van der Waals surface area contributed by atoms with Crippen LogP contribution in [0.2, 0.25) is 0 Å². The molecule has 2 N–H and O–H groups in total. The summed E-state index contributed by atoms with van der Waals surface area (Å²) in [5, 5.41) is 9.34. The molecule has 2 aromatic carbocycles. The van der Waals surface area contributed by atoms with Crippen molar-refractivity contribution in [3.05, 3.63) is 69.7 Å². The van der Waals surface area contributed by atoms with Gasteiger partial charge in [0.1, 0.15) is 0 Å². The van der Waals surface area contributed by atoms with E-state index < -0.39 is 11.2 Å². The van der Waals surface area contributed by atoms with Gasteiger partial charge in [0.05, 0.1) is 28.6 Å².